The van der Waals surface area contributed by atoms with Gasteiger partial charge in [-0.1, -0.05) is 6.92 Å². The van der Waals surface area contributed by atoms with Crippen molar-refractivity contribution in [3.05, 3.63) is 0 Å². The highest BCUT2D eigenvalue weighted by molar-refractivity contribution is 7.48. The van der Waals surface area contributed by atoms with E-state index in [1.165, 1.54) is 0 Å². The predicted octanol–water partition coefficient (Wildman–Crippen LogP) is 2.75. The van der Waals surface area contributed by atoms with Crippen LogP contribution >= 0.6 is 7.82 Å². The summed E-state index contributed by atoms with van der Waals surface area (Å²) in [4.78, 5) is 0. The first-order chi connectivity index (χ1) is 6.39. The number of halogens is 3. The zero-order valence-corrected chi connectivity index (χ0v) is 8.73. The molecule has 14 heavy (non-hydrogen) atoms. The lowest BCUT2D eigenvalue weighted by Gasteiger charge is -2.19. The Morgan fingerprint density at radius 1 is 1.43 bits per heavy atom. The summed E-state index contributed by atoms with van der Waals surface area (Å²) in [6.07, 6.45) is -3.71. The lowest BCUT2D eigenvalue weighted by atomic mass is 10.5. The van der Waals surface area contributed by atoms with E-state index in [-0.39, 0.29) is 6.61 Å². The minimum absolute atomic E-state index is 0.0759. The van der Waals surface area contributed by atoms with Crippen LogP contribution < -0.4 is 0 Å². The zero-order chi connectivity index (χ0) is 11.2. The van der Waals surface area contributed by atoms with Crippen molar-refractivity contribution in [1.29, 1.82) is 0 Å². The molecule has 0 aromatic heterocycles. The summed E-state index contributed by atoms with van der Waals surface area (Å²) < 4.78 is 59.7. The van der Waals surface area contributed by atoms with Crippen molar-refractivity contribution in [3.8, 4) is 0 Å². The van der Waals surface area contributed by atoms with Crippen LogP contribution in [-0.2, 0) is 18.1 Å². The van der Waals surface area contributed by atoms with E-state index in [0.717, 1.165) is 7.11 Å². The van der Waals surface area contributed by atoms with Crippen LogP contribution in [-0.4, -0.2) is 26.5 Å². The molecular weight excluding hydrogens is 224 g/mol. The van der Waals surface area contributed by atoms with Crippen molar-refractivity contribution in [2.24, 2.45) is 0 Å². The quantitative estimate of drug-likeness (QED) is 0.637. The van der Waals surface area contributed by atoms with Gasteiger partial charge < -0.3 is 0 Å². The van der Waals surface area contributed by atoms with Gasteiger partial charge in [-0.3, -0.25) is 9.05 Å². The summed E-state index contributed by atoms with van der Waals surface area (Å²) in [6.45, 7) is -0.489. The van der Waals surface area contributed by atoms with Gasteiger partial charge in [-0.2, -0.15) is 8.78 Å². The summed E-state index contributed by atoms with van der Waals surface area (Å²) in [7, 11) is -3.47. The Hall–Kier alpha value is -0.100. The highest BCUT2D eigenvalue weighted by Gasteiger charge is 2.41. The monoisotopic (exact) mass is 236 g/mol. The van der Waals surface area contributed by atoms with Crippen LogP contribution in [0.1, 0.15) is 13.3 Å². The Morgan fingerprint density at radius 2 is 2.00 bits per heavy atom. The van der Waals surface area contributed by atoms with Crippen LogP contribution in [0.5, 0.6) is 0 Å². The third-order valence-electron chi connectivity index (χ3n) is 1.08. The summed E-state index contributed by atoms with van der Waals surface area (Å²) >= 11 is 0. The van der Waals surface area contributed by atoms with Gasteiger partial charge in [0.2, 0.25) is 0 Å². The van der Waals surface area contributed by atoms with Crippen molar-refractivity contribution in [2.45, 2.75) is 19.5 Å². The molecule has 0 fully saturated rings. The average Bonchev–Trinajstić information content (AvgIpc) is 2.14. The molecule has 0 aromatic rings. The smallest absolute Gasteiger partial charge is 0.290 e. The number of hydrogen-bond donors (Lipinski definition) is 0. The van der Waals surface area contributed by atoms with Gasteiger partial charge in [0.05, 0.1) is 6.61 Å². The van der Waals surface area contributed by atoms with Gasteiger partial charge in [-0.25, -0.2) is 13.5 Å². The number of rotatable bonds is 7. The Morgan fingerprint density at radius 3 is 2.36 bits per heavy atom. The van der Waals surface area contributed by atoms with Crippen LogP contribution in [0.2, 0.25) is 0 Å². The molecule has 1 unspecified atom stereocenters. The van der Waals surface area contributed by atoms with E-state index < -0.39 is 20.6 Å². The number of phosphoric ester groups is 1. The molecule has 0 N–H and O–H groups in total. The number of phosphoric acid groups is 1. The molecule has 0 amide bonds. The Labute approximate surface area is 80.0 Å². The lowest BCUT2D eigenvalue weighted by Crippen LogP contribution is -2.22. The summed E-state index contributed by atoms with van der Waals surface area (Å²) in [5.41, 5.74) is 0. The van der Waals surface area contributed by atoms with Crippen molar-refractivity contribution >= 4 is 7.82 Å². The van der Waals surface area contributed by atoms with Crippen molar-refractivity contribution < 1.29 is 31.3 Å². The zero-order valence-electron chi connectivity index (χ0n) is 7.84. The Balaban J connectivity index is 4.32. The Bertz CT molecular complexity index is 211. The van der Waals surface area contributed by atoms with Crippen LogP contribution in [0.25, 0.3) is 0 Å². The highest BCUT2D eigenvalue weighted by atomic mass is 31.2. The standard InChI is InChI=1S/C6H12F3O4P/c1-3-4-12-14(10,11-2)13-6(8,9)5-7/h3-5H2,1-2H3. The van der Waals surface area contributed by atoms with Crippen LogP contribution in [0, 0.1) is 0 Å². The van der Waals surface area contributed by atoms with E-state index in [1.807, 2.05) is 0 Å². The molecular formula is C6H12F3O4P. The molecule has 0 aliphatic rings. The van der Waals surface area contributed by atoms with Crippen LogP contribution in [0.3, 0.4) is 0 Å². The SMILES string of the molecule is CCCOP(=O)(OC)OC(F)(F)CF. The molecule has 0 aromatic carbocycles. The van der Waals surface area contributed by atoms with E-state index in [0.29, 0.717) is 6.42 Å². The summed E-state index contributed by atoms with van der Waals surface area (Å²) in [5.74, 6) is 0. The maximum atomic E-state index is 12.3. The van der Waals surface area contributed by atoms with E-state index in [9.17, 15) is 17.7 Å². The molecule has 0 radical (unpaired) electrons. The van der Waals surface area contributed by atoms with Crippen molar-refractivity contribution in [2.75, 3.05) is 20.4 Å². The lowest BCUT2D eigenvalue weighted by molar-refractivity contribution is -0.199. The molecule has 0 rings (SSSR count). The number of alkyl halides is 3. The molecule has 4 nitrogen and oxygen atoms in total. The van der Waals surface area contributed by atoms with Crippen LogP contribution in [0.4, 0.5) is 13.2 Å². The van der Waals surface area contributed by atoms with E-state index in [1.54, 1.807) is 6.92 Å². The second-order valence-corrected chi connectivity index (χ2v) is 4.03. The fourth-order valence-corrected chi connectivity index (χ4v) is 1.52. The molecule has 0 saturated carbocycles. The molecule has 0 bridgehead atoms. The third kappa shape index (κ3) is 4.95. The molecule has 1 atom stereocenters. The molecule has 0 aliphatic carbocycles. The van der Waals surface area contributed by atoms with Crippen molar-refractivity contribution in [3.63, 3.8) is 0 Å². The first-order valence-electron chi connectivity index (χ1n) is 3.84. The second kappa shape index (κ2) is 5.70. The first-order valence-corrected chi connectivity index (χ1v) is 5.30. The van der Waals surface area contributed by atoms with Gasteiger partial charge in [0.25, 0.3) is 0 Å². The third-order valence-corrected chi connectivity index (χ3v) is 2.51. The van der Waals surface area contributed by atoms with Gasteiger partial charge in [0.1, 0.15) is 0 Å². The molecule has 0 spiro atoms. The second-order valence-electron chi connectivity index (χ2n) is 2.33. The maximum absolute atomic E-state index is 12.3. The minimum Gasteiger partial charge on any atom is -0.290 e. The molecule has 8 heteroatoms. The predicted molar refractivity (Wildman–Crippen MR) is 42.9 cm³/mol. The summed E-state index contributed by atoms with van der Waals surface area (Å²) in [6, 6.07) is 0. The van der Waals surface area contributed by atoms with Gasteiger partial charge in [-0.15, -0.1) is 0 Å². The number of hydrogen-bond acceptors (Lipinski definition) is 4. The molecule has 0 aliphatic heterocycles. The van der Waals surface area contributed by atoms with Gasteiger partial charge in [0, 0.05) is 7.11 Å². The van der Waals surface area contributed by atoms with Crippen molar-refractivity contribution in [1.82, 2.24) is 0 Å². The van der Waals surface area contributed by atoms with E-state index in [2.05, 4.69) is 13.6 Å². The first kappa shape index (κ1) is 13.9. The highest BCUT2D eigenvalue weighted by Crippen LogP contribution is 2.52. The molecule has 0 heterocycles. The average molecular weight is 236 g/mol. The van der Waals surface area contributed by atoms with Gasteiger partial charge in [0.15, 0.2) is 6.67 Å². The van der Waals surface area contributed by atoms with E-state index >= 15 is 0 Å². The van der Waals surface area contributed by atoms with E-state index in [4.69, 9.17) is 0 Å². The van der Waals surface area contributed by atoms with Gasteiger partial charge >= 0.3 is 13.9 Å². The fourth-order valence-electron chi connectivity index (χ4n) is 0.507. The topological polar surface area (TPSA) is 44.8 Å². The van der Waals surface area contributed by atoms with Gasteiger partial charge in [-0.05, 0) is 6.42 Å². The van der Waals surface area contributed by atoms with Crippen LogP contribution in [0.15, 0.2) is 0 Å². The normalized spacial score (nSPS) is 16.6. The Kier molecular flexibility index (Phi) is 5.66. The summed E-state index contributed by atoms with van der Waals surface area (Å²) in [5, 5.41) is 0. The maximum Gasteiger partial charge on any atom is 0.479 e. The fraction of sp³-hybridized carbons (Fsp3) is 1.00. The minimum atomic E-state index is -4.34. The molecule has 86 valence electrons. The molecule has 0 saturated heterocycles. The largest absolute Gasteiger partial charge is 0.479 e.